The highest BCUT2D eigenvalue weighted by molar-refractivity contribution is 7.47. The molecule has 0 aromatic heterocycles. The van der Waals surface area contributed by atoms with E-state index in [1.807, 2.05) is 0 Å². The standard InChI is InChI=1S/C49H89N2O6P/c1-3-5-7-9-11-13-15-17-19-21-23-25-27-29-31-33-35-48(36-34-32-30-28-26-24-22-20-18-16-14-12-10-8-6-4-2)43-49(44-48)56-46-41-45(42-47(46)57-49)51-38-40-55-58(52,53)54-39-37-50/h11-14,17-20,45-47,51H,3-10,15-16,21-44,50H2,1-2H3,(H,52,53)/b13-11-,14-12-,19-17-,20-18-/t45-,46+,47-. The van der Waals surface area contributed by atoms with Crippen LogP contribution in [0.25, 0.3) is 0 Å². The van der Waals surface area contributed by atoms with Gasteiger partial charge in [0.05, 0.1) is 25.4 Å². The first-order valence-corrected chi connectivity index (χ1v) is 25.9. The number of unbranched alkanes of at least 4 members (excludes halogenated alkanes) is 18. The Balaban J connectivity index is 1.31. The minimum atomic E-state index is -4.04. The van der Waals surface area contributed by atoms with Gasteiger partial charge in [-0.1, -0.05) is 152 Å². The van der Waals surface area contributed by atoms with E-state index in [9.17, 15) is 9.46 Å². The lowest BCUT2D eigenvalue weighted by Crippen LogP contribution is -2.53. The van der Waals surface area contributed by atoms with E-state index in [1.165, 1.54) is 154 Å². The molecule has 9 heteroatoms. The van der Waals surface area contributed by atoms with Crippen LogP contribution in [-0.2, 0) is 23.1 Å². The minimum Gasteiger partial charge on any atom is -0.344 e. The van der Waals surface area contributed by atoms with E-state index in [1.54, 1.807) is 0 Å². The summed E-state index contributed by atoms with van der Waals surface area (Å²) in [4.78, 5) is 9.72. The number of rotatable bonds is 38. The number of hydrogen-bond donors (Lipinski definition) is 3. The summed E-state index contributed by atoms with van der Waals surface area (Å²) in [5.74, 6) is -0.385. The van der Waals surface area contributed by atoms with Crippen LogP contribution in [0.15, 0.2) is 48.6 Å². The van der Waals surface area contributed by atoms with E-state index in [2.05, 4.69) is 67.8 Å². The van der Waals surface area contributed by atoms with Crippen LogP contribution >= 0.6 is 7.82 Å². The van der Waals surface area contributed by atoms with E-state index in [-0.39, 0.29) is 43.8 Å². The summed E-state index contributed by atoms with van der Waals surface area (Å²) < 4.78 is 35.2. The number of nitrogens with two attached hydrogens (primary N) is 1. The highest BCUT2D eigenvalue weighted by Crippen LogP contribution is 2.61. The van der Waals surface area contributed by atoms with Crippen LogP contribution in [0.5, 0.6) is 0 Å². The second kappa shape index (κ2) is 31.7. The van der Waals surface area contributed by atoms with Crippen molar-refractivity contribution in [2.24, 2.45) is 11.1 Å². The highest BCUT2D eigenvalue weighted by Gasteiger charge is 2.62. The predicted molar refractivity (Wildman–Crippen MR) is 244 cm³/mol. The Morgan fingerprint density at radius 2 is 1.03 bits per heavy atom. The Labute approximate surface area is 356 Å². The molecule has 0 aromatic carbocycles. The van der Waals surface area contributed by atoms with E-state index in [0.29, 0.717) is 12.0 Å². The van der Waals surface area contributed by atoms with Crippen LogP contribution in [0.3, 0.4) is 0 Å². The van der Waals surface area contributed by atoms with Gasteiger partial charge in [0.15, 0.2) is 5.79 Å². The summed E-state index contributed by atoms with van der Waals surface area (Å²) >= 11 is 0. The third-order valence-corrected chi connectivity index (χ3v) is 13.5. The fourth-order valence-corrected chi connectivity index (χ4v) is 10.0. The van der Waals surface area contributed by atoms with Crippen molar-refractivity contribution in [3.8, 4) is 0 Å². The van der Waals surface area contributed by atoms with Crippen molar-refractivity contribution >= 4 is 7.82 Å². The van der Waals surface area contributed by atoms with E-state index in [4.69, 9.17) is 24.3 Å². The maximum atomic E-state index is 11.9. The molecule has 1 unspecified atom stereocenters. The zero-order valence-corrected chi connectivity index (χ0v) is 38.3. The molecule has 4 N–H and O–H groups in total. The van der Waals surface area contributed by atoms with Crippen LogP contribution < -0.4 is 11.1 Å². The van der Waals surface area contributed by atoms with Crippen molar-refractivity contribution in [1.82, 2.24) is 5.32 Å². The molecule has 0 aromatic rings. The Morgan fingerprint density at radius 3 is 1.48 bits per heavy atom. The maximum absolute atomic E-state index is 11.9. The van der Waals surface area contributed by atoms with Crippen molar-refractivity contribution in [3.63, 3.8) is 0 Å². The fourth-order valence-electron chi connectivity index (χ4n) is 9.30. The number of fused-ring (bicyclic) bond motifs is 1. The summed E-state index contributed by atoms with van der Waals surface area (Å²) in [6.45, 7) is 5.27. The number of nitrogens with one attached hydrogen (secondary N) is 1. The molecule has 58 heavy (non-hydrogen) atoms. The normalized spacial score (nSPS) is 22.3. The number of phosphoric ester groups is 1. The van der Waals surface area contributed by atoms with Crippen LogP contribution in [-0.4, -0.2) is 55.2 Å². The molecule has 0 bridgehead atoms. The number of ether oxygens (including phenoxy) is 2. The zero-order chi connectivity index (χ0) is 41.5. The topological polar surface area (TPSA) is 112 Å². The largest absolute Gasteiger partial charge is 0.472 e. The van der Waals surface area contributed by atoms with Gasteiger partial charge in [-0.15, -0.1) is 0 Å². The highest BCUT2D eigenvalue weighted by atomic mass is 31.2. The second-order valence-electron chi connectivity index (χ2n) is 17.8. The van der Waals surface area contributed by atoms with Gasteiger partial charge >= 0.3 is 7.82 Å². The van der Waals surface area contributed by atoms with Gasteiger partial charge in [-0.05, 0) is 95.3 Å². The van der Waals surface area contributed by atoms with Crippen LogP contribution in [0.1, 0.15) is 206 Å². The molecule has 0 radical (unpaired) electrons. The first-order chi connectivity index (χ1) is 28.3. The summed E-state index contributed by atoms with van der Waals surface area (Å²) in [5.41, 5.74) is 5.72. The van der Waals surface area contributed by atoms with E-state index >= 15 is 0 Å². The van der Waals surface area contributed by atoms with Crippen LogP contribution in [0, 0.1) is 5.41 Å². The maximum Gasteiger partial charge on any atom is 0.472 e. The zero-order valence-electron chi connectivity index (χ0n) is 37.4. The molecule has 1 heterocycles. The molecular formula is C49H89N2O6P. The molecule has 3 rings (SSSR count). The molecule has 1 saturated heterocycles. The van der Waals surface area contributed by atoms with Gasteiger partial charge in [0.1, 0.15) is 0 Å². The number of allylic oxidation sites excluding steroid dienone is 8. The van der Waals surface area contributed by atoms with Crippen LogP contribution in [0.4, 0.5) is 0 Å². The summed E-state index contributed by atoms with van der Waals surface area (Å²) in [6.07, 6.45) is 56.6. The average Bonchev–Trinajstić information content (AvgIpc) is 3.74. The molecule has 0 amide bonds. The quantitative estimate of drug-likeness (QED) is 0.0320. The van der Waals surface area contributed by atoms with Crippen molar-refractivity contribution in [2.75, 3.05) is 26.3 Å². The Morgan fingerprint density at radius 1 is 0.621 bits per heavy atom. The summed E-state index contributed by atoms with van der Waals surface area (Å²) in [7, 11) is -4.04. The van der Waals surface area contributed by atoms with Crippen molar-refractivity contribution in [3.05, 3.63) is 48.6 Å². The lowest BCUT2D eigenvalue weighted by molar-refractivity contribution is -0.281. The van der Waals surface area contributed by atoms with Crippen molar-refractivity contribution < 1.29 is 28.0 Å². The molecule has 2 saturated carbocycles. The smallest absolute Gasteiger partial charge is 0.344 e. The molecule has 3 fully saturated rings. The SMILES string of the molecule is CCCCC/C=C\C/C=C\CCCCCCCCC1(CCCCCCCC/C=C\C/C=C\CCCCC)CC2(C1)O[C@H]1C[C@@H](NCCOP(=O)(O)OCCN)C[C@H]1O2. The molecule has 1 spiro atoms. The monoisotopic (exact) mass is 833 g/mol. The summed E-state index contributed by atoms with van der Waals surface area (Å²) in [6, 6.07) is 0.250. The Bertz CT molecular complexity index is 1120. The molecule has 8 nitrogen and oxygen atoms in total. The van der Waals surface area contributed by atoms with Gasteiger partial charge in [-0.25, -0.2) is 4.57 Å². The van der Waals surface area contributed by atoms with Gasteiger partial charge < -0.3 is 25.4 Å². The first kappa shape index (κ1) is 51.3. The minimum absolute atomic E-state index is 0.00259. The Hall–Kier alpha value is -1.09. The molecule has 336 valence electrons. The van der Waals surface area contributed by atoms with Gasteiger partial charge in [-0.2, -0.15) is 0 Å². The van der Waals surface area contributed by atoms with E-state index in [0.717, 1.165) is 38.5 Å². The average molecular weight is 833 g/mol. The molecule has 2 aliphatic carbocycles. The lowest BCUT2D eigenvalue weighted by atomic mass is 9.59. The predicted octanol–water partition coefficient (Wildman–Crippen LogP) is 13.5. The van der Waals surface area contributed by atoms with Gasteiger partial charge in [0.2, 0.25) is 0 Å². The number of phosphoric acid groups is 1. The van der Waals surface area contributed by atoms with Gasteiger partial charge in [0.25, 0.3) is 0 Å². The lowest BCUT2D eigenvalue weighted by Gasteiger charge is -2.54. The van der Waals surface area contributed by atoms with Gasteiger partial charge in [0, 0.05) is 32.0 Å². The molecule has 3 aliphatic rings. The molecule has 1 aliphatic heterocycles. The first-order valence-electron chi connectivity index (χ1n) is 24.4. The van der Waals surface area contributed by atoms with Crippen molar-refractivity contribution in [1.29, 1.82) is 0 Å². The fraction of sp³-hybridized carbons (Fsp3) is 0.837. The number of hydrogen-bond acceptors (Lipinski definition) is 7. The third kappa shape index (κ3) is 22.7. The Kier molecular flexibility index (Phi) is 28.0. The molecule has 4 atom stereocenters. The second-order valence-corrected chi connectivity index (χ2v) is 19.2. The summed E-state index contributed by atoms with van der Waals surface area (Å²) in [5, 5.41) is 3.46. The third-order valence-electron chi connectivity index (χ3n) is 12.4. The van der Waals surface area contributed by atoms with Gasteiger partial charge in [-0.3, -0.25) is 9.05 Å². The van der Waals surface area contributed by atoms with E-state index < -0.39 is 7.82 Å². The van der Waals surface area contributed by atoms with Crippen LogP contribution in [0.2, 0.25) is 0 Å². The molecular weight excluding hydrogens is 744 g/mol. The van der Waals surface area contributed by atoms with Crippen molar-refractivity contribution in [2.45, 2.75) is 231 Å².